The monoisotopic (exact) mass is 996 g/mol. The molecule has 0 heterocycles. The van der Waals surface area contributed by atoms with Crippen LogP contribution in [0.15, 0.2) is 72.8 Å². The number of benzene rings is 3. The maximum atomic E-state index is 13.2. The molecule has 6 amide bonds. The van der Waals surface area contributed by atoms with Crippen LogP contribution in [0.3, 0.4) is 0 Å². The summed E-state index contributed by atoms with van der Waals surface area (Å²) >= 11 is 0. The van der Waals surface area contributed by atoms with Crippen molar-refractivity contribution < 1.29 is 67.9 Å². The topological polar surface area (TPSA) is 309 Å². The molecule has 0 bridgehead atoms. The highest BCUT2D eigenvalue weighted by molar-refractivity contribution is 5.92. The molecule has 0 saturated carbocycles. The van der Waals surface area contributed by atoms with Crippen LogP contribution in [0, 0.1) is 0 Å². The zero-order valence-electron chi connectivity index (χ0n) is 41.3. The van der Waals surface area contributed by atoms with Gasteiger partial charge in [-0.1, -0.05) is 20.8 Å². The molecule has 0 atom stereocenters. The quantitative estimate of drug-likeness (QED) is 0.0234. The van der Waals surface area contributed by atoms with Crippen LogP contribution in [0.2, 0.25) is 0 Å². The number of phenolic OH excluding ortho intramolecular Hbond substituents is 3. The van der Waals surface area contributed by atoms with Crippen molar-refractivity contribution in [3.05, 3.63) is 72.8 Å². The number of aldehydes is 1. The first-order chi connectivity index (χ1) is 34.1. The highest BCUT2D eigenvalue weighted by atomic mass is 16.5. The molecule has 0 aromatic heterocycles. The van der Waals surface area contributed by atoms with Gasteiger partial charge in [-0.05, 0) is 79.2 Å². The van der Waals surface area contributed by atoms with Gasteiger partial charge in [-0.3, -0.25) is 33.6 Å². The minimum absolute atomic E-state index is 0.00190. The number of rotatable bonds is 33. The molecule has 0 spiro atoms. The molecule has 10 N–H and O–H groups in total. The van der Waals surface area contributed by atoms with Crippen LogP contribution in [-0.2, 0) is 52.6 Å². The molecule has 0 aliphatic heterocycles. The summed E-state index contributed by atoms with van der Waals surface area (Å²) in [6.45, 7) is 5.08. The summed E-state index contributed by atoms with van der Waals surface area (Å²) in [7, 11) is 1.84. The van der Waals surface area contributed by atoms with E-state index in [1.165, 1.54) is 48.5 Å². The van der Waals surface area contributed by atoms with E-state index in [1.54, 1.807) is 19.1 Å². The van der Waals surface area contributed by atoms with Crippen molar-refractivity contribution in [2.75, 3.05) is 82.3 Å². The van der Waals surface area contributed by atoms with E-state index in [0.29, 0.717) is 36.3 Å². The Morgan fingerprint density at radius 3 is 1.25 bits per heavy atom. The van der Waals surface area contributed by atoms with E-state index in [0.717, 1.165) is 5.69 Å². The van der Waals surface area contributed by atoms with Crippen molar-refractivity contribution in [3.8, 4) is 17.2 Å². The summed E-state index contributed by atoms with van der Waals surface area (Å²) < 4.78 is 17.5. The molecule has 0 radical (unpaired) electrons. The normalized spacial score (nSPS) is 10.4. The number of phenols is 3. The highest BCUT2D eigenvalue weighted by Gasteiger charge is 2.34. The Kier molecular flexibility index (Phi) is 32.9. The number of hydrogen-bond donors (Lipinski definition) is 10. The second-order valence-electron chi connectivity index (χ2n) is 15.5. The molecular weight excluding hydrogens is 923 g/mol. The number of aromatic hydroxyl groups is 3. The van der Waals surface area contributed by atoms with Crippen LogP contribution >= 0.6 is 0 Å². The summed E-state index contributed by atoms with van der Waals surface area (Å²) in [5.41, 5.74) is 0.612. The lowest BCUT2D eigenvalue weighted by Crippen LogP contribution is -2.58. The van der Waals surface area contributed by atoms with Crippen molar-refractivity contribution in [1.82, 2.24) is 21.3 Å². The predicted molar refractivity (Wildman–Crippen MR) is 268 cm³/mol. The Morgan fingerprint density at radius 1 is 0.507 bits per heavy atom. The number of carbonyl (C=O) groups is 8. The molecule has 0 aliphatic rings. The van der Waals surface area contributed by atoms with Gasteiger partial charge in [-0.2, -0.15) is 0 Å². The third-order valence-electron chi connectivity index (χ3n) is 9.60. The molecule has 3 rings (SSSR count). The highest BCUT2D eigenvalue weighted by Crippen LogP contribution is 2.16. The van der Waals surface area contributed by atoms with Crippen LogP contribution in [0.5, 0.6) is 17.2 Å². The fourth-order valence-electron chi connectivity index (χ4n) is 5.84. The molecule has 21 nitrogen and oxygen atoms in total. The van der Waals surface area contributed by atoms with Crippen molar-refractivity contribution in [1.29, 1.82) is 0 Å². The predicted octanol–water partition coefficient (Wildman–Crippen LogP) is 4.08. The minimum Gasteiger partial charge on any atom is -0.508 e. The fraction of sp³-hybridized carbons (Fsp3) is 0.480. The van der Waals surface area contributed by atoms with Gasteiger partial charge in [0.1, 0.15) is 34.9 Å². The molecule has 3 aromatic carbocycles. The van der Waals surface area contributed by atoms with Crippen molar-refractivity contribution >= 4 is 64.6 Å². The Bertz CT molecular complexity index is 1950. The van der Waals surface area contributed by atoms with Gasteiger partial charge in [-0.15, -0.1) is 0 Å². The second-order valence-corrected chi connectivity index (χ2v) is 15.5. The number of amides is 6. The van der Waals surface area contributed by atoms with E-state index in [9.17, 15) is 48.6 Å². The number of Topliss-reactive ketones (excluding diaryl/α,β-unsaturated/α-hetero) is 1. The maximum Gasteiger partial charge on any atom is 0.226 e. The van der Waals surface area contributed by atoms with E-state index in [-0.39, 0.29) is 146 Å². The number of ketones is 1. The fourth-order valence-corrected chi connectivity index (χ4v) is 5.84. The summed E-state index contributed by atoms with van der Waals surface area (Å²) in [6, 6.07) is 18.8. The van der Waals surface area contributed by atoms with Gasteiger partial charge in [0.15, 0.2) is 0 Å². The first-order valence-corrected chi connectivity index (χ1v) is 23.6. The lowest BCUT2D eigenvalue weighted by molar-refractivity contribution is -0.131. The Balaban J connectivity index is 0.00000203. The van der Waals surface area contributed by atoms with Crippen molar-refractivity contribution in [2.45, 2.75) is 90.5 Å². The molecule has 71 heavy (non-hydrogen) atoms. The zero-order valence-corrected chi connectivity index (χ0v) is 41.3. The summed E-state index contributed by atoms with van der Waals surface area (Å²) in [4.78, 5) is 97.4. The van der Waals surface area contributed by atoms with Crippen LogP contribution in [0.1, 0.15) is 85.0 Å². The summed E-state index contributed by atoms with van der Waals surface area (Å²) in [6.07, 6.45) is 1.40. The number of nitrogens with one attached hydrogen (secondary N) is 7. The average Bonchev–Trinajstić information content (AvgIpc) is 3.35. The standard InChI is InChI=1S/C41H58N6O13.C7H9NO.C2H6/c1-2-32(49)5-3-6-40(57)47-41(27-58-24-17-35(52)42-20-4-23-48,28-59-25-18-36(53)43-21-15-38(55)45-30-7-11-33(50)12-8-30)29-60-26-19-37(54)44-22-16-39(56)46-31-9-13-34(51)14-10-31;1-8-6-2-4-7(9)5-3-6;1-2/h7-14,23,50-51H,2-6,15-22,24-29H2,1H3,(H,42,52)(H,43,53)(H,44,54)(H,45,55)(H,46,56)(H,47,57);2-5,8-9H,1H3;1-2H3. The van der Waals surface area contributed by atoms with Crippen LogP contribution in [-0.4, -0.2) is 135 Å². The summed E-state index contributed by atoms with van der Waals surface area (Å²) in [5, 5.41) is 46.6. The number of ether oxygens (including phenoxy) is 3. The molecule has 0 unspecified atom stereocenters. The van der Waals surface area contributed by atoms with Gasteiger partial charge in [0, 0.05) is 102 Å². The van der Waals surface area contributed by atoms with E-state index in [4.69, 9.17) is 19.3 Å². The molecule has 3 aromatic rings. The second kappa shape index (κ2) is 37.8. The number of hydrogen-bond acceptors (Lipinski definition) is 15. The molecular formula is C50H73N7O14. The van der Waals surface area contributed by atoms with Gasteiger partial charge in [0.2, 0.25) is 35.4 Å². The van der Waals surface area contributed by atoms with Crippen LogP contribution in [0.4, 0.5) is 17.1 Å². The van der Waals surface area contributed by atoms with E-state index in [2.05, 4.69) is 37.2 Å². The third kappa shape index (κ3) is 30.9. The van der Waals surface area contributed by atoms with E-state index < -0.39 is 23.3 Å². The average molecular weight is 996 g/mol. The van der Waals surface area contributed by atoms with E-state index >= 15 is 0 Å². The smallest absolute Gasteiger partial charge is 0.226 e. The van der Waals surface area contributed by atoms with Crippen molar-refractivity contribution in [2.24, 2.45) is 0 Å². The van der Waals surface area contributed by atoms with Crippen molar-refractivity contribution in [3.63, 3.8) is 0 Å². The SMILES string of the molecule is CC.CCC(=O)CCCC(=O)NC(COCCC(=O)NCCC=O)(COCCC(=O)NCCC(=O)Nc1ccc(O)cc1)COCCC(=O)NCCC(=O)Nc1ccc(O)cc1.CNc1ccc(O)cc1. The molecule has 21 heteroatoms. The van der Waals surface area contributed by atoms with Gasteiger partial charge >= 0.3 is 0 Å². The molecule has 0 saturated heterocycles. The summed E-state index contributed by atoms with van der Waals surface area (Å²) in [5.74, 6) is -1.88. The largest absolute Gasteiger partial charge is 0.508 e. The lowest BCUT2D eigenvalue weighted by Gasteiger charge is -2.34. The zero-order chi connectivity index (χ0) is 52.7. The number of carbonyl (C=O) groups excluding carboxylic acids is 8. The Hall–Kier alpha value is -7.10. The van der Waals surface area contributed by atoms with Gasteiger partial charge in [0.05, 0.1) is 39.6 Å². The Labute approximate surface area is 415 Å². The van der Waals surface area contributed by atoms with Gasteiger partial charge < -0.3 is 71.5 Å². The first kappa shape index (κ1) is 61.9. The van der Waals surface area contributed by atoms with Crippen LogP contribution in [0.25, 0.3) is 0 Å². The minimum atomic E-state index is -1.37. The molecule has 0 fully saturated rings. The molecule has 392 valence electrons. The first-order valence-electron chi connectivity index (χ1n) is 23.6. The van der Waals surface area contributed by atoms with Gasteiger partial charge in [-0.25, -0.2) is 0 Å². The number of anilines is 3. The Morgan fingerprint density at radius 2 is 0.887 bits per heavy atom. The van der Waals surface area contributed by atoms with Crippen LogP contribution < -0.4 is 37.2 Å². The maximum absolute atomic E-state index is 13.2. The van der Waals surface area contributed by atoms with Gasteiger partial charge in [0.25, 0.3) is 0 Å². The lowest BCUT2D eigenvalue weighted by atomic mass is 10.0. The third-order valence-corrected chi connectivity index (χ3v) is 9.60. The molecule has 0 aliphatic carbocycles. The van der Waals surface area contributed by atoms with E-state index in [1.807, 2.05) is 33.0 Å².